The Kier molecular flexibility index (Phi) is 3.47. The van der Waals surface area contributed by atoms with Crippen molar-refractivity contribution >= 4 is 15.9 Å². The minimum Gasteiger partial charge on any atom is -0.493 e. The van der Waals surface area contributed by atoms with Gasteiger partial charge >= 0.3 is 0 Å². The molecule has 2 aromatic rings. The molecule has 0 aliphatic carbocycles. The number of benzene rings is 1. The normalized spacial score (nSPS) is 11.6. The van der Waals surface area contributed by atoms with E-state index in [0.29, 0.717) is 5.56 Å². The SMILES string of the molecule is CC(C)(N)c1nc(O)c(-c2cccc(Br)c2)c(=O)[nH]1. The summed E-state index contributed by atoms with van der Waals surface area (Å²) in [5.41, 5.74) is 5.33. The van der Waals surface area contributed by atoms with Crippen LogP contribution in [0.15, 0.2) is 33.5 Å². The van der Waals surface area contributed by atoms with Crippen molar-refractivity contribution in [2.24, 2.45) is 5.73 Å². The van der Waals surface area contributed by atoms with Crippen molar-refractivity contribution in [1.82, 2.24) is 9.97 Å². The molecule has 4 N–H and O–H groups in total. The fraction of sp³-hybridized carbons (Fsp3) is 0.231. The first-order valence-electron chi connectivity index (χ1n) is 5.67. The number of nitrogens with zero attached hydrogens (tertiary/aromatic N) is 1. The molecule has 0 atom stereocenters. The molecule has 0 aliphatic heterocycles. The topological polar surface area (TPSA) is 92.0 Å². The van der Waals surface area contributed by atoms with Gasteiger partial charge in [-0.05, 0) is 31.5 Å². The number of aromatic hydroxyl groups is 1. The summed E-state index contributed by atoms with van der Waals surface area (Å²) in [6, 6.07) is 7.07. The lowest BCUT2D eigenvalue weighted by Gasteiger charge is -2.17. The molecule has 0 saturated carbocycles. The van der Waals surface area contributed by atoms with E-state index in [2.05, 4.69) is 25.9 Å². The van der Waals surface area contributed by atoms with E-state index < -0.39 is 11.1 Å². The van der Waals surface area contributed by atoms with Crippen molar-refractivity contribution in [3.8, 4) is 17.0 Å². The Labute approximate surface area is 118 Å². The first-order chi connectivity index (χ1) is 8.79. The van der Waals surface area contributed by atoms with Crippen LogP contribution < -0.4 is 11.3 Å². The molecule has 1 heterocycles. The Morgan fingerprint density at radius 1 is 1.42 bits per heavy atom. The molecule has 0 spiro atoms. The highest BCUT2D eigenvalue weighted by Gasteiger charge is 2.21. The van der Waals surface area contributed by atoms with E-state index in [0.717, 1.165) is 4.47 Å². The third kappa shape index (κ3) is 2.85. The highest BCUT2D eigenvalue weighted by molar-refractivity contribution is 9.10. The summed E-state index contributed by atoms with van der Waals surface area (Å²) in [5, 5.41) is 9.98. The van der Waals surface area contributed by atoms with Crippen molar-refractivity contribution in [1.29, 1.82) is 0 Å². The van der Waals surface area contributed by atoms with E-state index in [1.807, 2.05) is 6.07 Å². The third-order valence-electron chi connectivity index (χ3n) is 2.62. The van der Waals surface area contributed by atoms with Gasteiger partial charge in [0.2, 0.25) is 5.88 Å². The number of rotatable bonds is 2. The number of H-pyrrole nitrogens is 1. The molecule has 0 unspecified atom stereocenters. The van der Waals surface area contributed by atoms with E-state index in [1.54, 1.807) is 32.0 Å². The van der Waals surface area contributed by atoms with Crippen LogP contribution in [-0.2, 0) is 5.54 Å². The van der Waals surface area contributed by atoms with Gasteiger partial charge in [0, 0.05) is 4.47 Å². The zero-order valence-electron chi connectivity index (χ0n) is 10.6. The van der Waals surface area contributed by atoms with Crippen LogP contribution in [0.25, 0.3) is 11.1 Å². The van der Waals surface area contributed by atoms with Gasteiger partial charge in [-0.25, -0.2) is 0 Å². The lowest BCUT2D eigenvalue weighted by Crippen LogP contribution is -2.33. The number of nitrogens with one attached hydrogen (secondary N) is 1. The van der Waals surface area contributed by atoms with Crippen molar-refractivity contribution in [3.05, 3.63) is 44.9 Å². The van der Waals surface area contributed by atoms with Crippen LogP contribution in [0.2, 0.25) is 0 Å². The Morgan fingerprint density at radius 3 is 2.63 bits per heavy atom. The Hall–Kier alpha value is -1.66. The second-order valence-corrected chi connectivity index (χ2v) is 5.76. The second-order valence-electron chi connectivity index (χ2n) is 4.85. The minimum atomic E-state index is -0.827. The molecule has 5 nitrogen and oxygen atoms in total. The molecule has 6 heteroatoms. The number of nitrogens with two attached hydrogens (primary N) is 1. The summed E-state index contributed by atoms with van der Waals surface area (Å²) in [5.74, 6) is -0.0795. The second kappa shape index (κ2) is 4.79. The predicted molar refractivity (Wildman–Crippen MR) is 76.9 cm³/mol. The van der Waals surface area contributed by atoms with Crippen molar-refractivity contribution < 1.29 is 5.11 Å². The van der Waals surface area contributed by atoms with Gasteiger partial charge in [-0.2, -0.15) is 4.98 Å². The van der Waals surface area contributed by atoms with Crippen molar-refractivity contribution in [2.45, 2.75) is 19.4 Å². The number of hydrogen-bond acceptors (Lipinski definition) is 4. The van der Waals surface area contributed by atoms with E-state index in [-0.39, 0.29) is 17.3 Å². The van der Waals surface area contributed by atoms with E-state index >= 15 is 0 Å². The summed E-state index contributed by atoms with van der Waals surface area (Å²) >= 11 is 3.32. The maximum Gasteiger partial charge on any atom is 0.262 e. The van der Waals surface area contributed by atoms with Gasteiger partial charge in [0.15, 0.2) is 0 Å². The van der Waals surface area contributed by atoms with Gasteiger partial charge < -0.3 is 15.8 Å². The van der Waals surface area contributed by atoms with Gasteiger partial charge in [0.05, 0.1) is 5.54 Å². The predicted octanol–water partition coefficient (Wildman–Crippen LogP) is 2.10. The van der Waals surface area contributed by atoms with Gasteiger partial charge in [-0.15, -0.1) is 0 Å². The molecule has 1 aromatic carbocycles. The molecule has 1 aromatic heterocycles. The first-order valence-corrected chi connectivity index (χ1v) is 6.47. The number of halogens is 1. The quantitative estimate of drug-likeness (QED) is 0.789. The Bertz CT molecular complexity index is 674. The van der Waals surface area contributed by atoms with Gasteiger partial charge in [0.1, 0.15) is 11.4 Å². The molecule has 0 aliphatic rings. The molecule has 0 fully saturated rings. The average molecular weight is 324 g/mol. The summed E-state index contributed by atoms with van der Waals surface area (Å²) < 4.78 is 0.812. The zero-order valence-corrected chi connectivity index (χ0v) is 12.2. The number of aromatic nitrogens is 2. The Morgan fingerprint density at radius 2 is 2.11 bits per heavy atom. The summed E-state index contributed by atoms with van der Waals surface area (Å²) in [4.78, 5) is 18.7. The fourth-order valence-electron chi connectivity index (χ4n) is 1.67. The van der Waals surface area contributed by atoms with Crippen LogP contribution in [0.3, 0.4) is 0 Å². The van der Waals surface area contributed by atoms with Crippen molar-refractivity contribution in [2.75, 3.05) is 0 Å². The van der Waals surface area contributed by atoms with E-state index in [1.165, 1.54) is 0 Å². The number of aromatic amines is 1. The molecule has 0 bridgehead atoms. The molecule has 100 valence electrons. The lowest BCUT2D eigenvalue weighted by molar-refractivity contribution is 0.432. The largest absolute Gasteiger partial charge is 0.493 e. The monoisotopic (exact) mass is 323 g/mol. The summed E-state index contributed by atoms with van der Waals surface area (Å²) in [6.45, 7) is 3.40. The maximum atomic E-state index is 12.1. The highest BCUT2D eigenvalue weighted by Crippen LogP contribution is 2.26. The molecule has 2 rings (SSSR count). The Balaban J connectivity index is 2.64. The molecular weight excluding hydrogens is 310 g/mol. The molecule has 19 heavy (non-hydrogen) atoms. The molecule has 0 amide bonds. The molecule has 0 saturated heterocycles. The van der Waals surface area contributed by atoms with Crippen LogP contribution in [0.1, 0.15) is 19.7 Å². The van der Waals surface area contributed by atoms with E-state index in [4.69, 9.17) is 5.73 Å². The third-order valence-corrected chi connectivity index (χ3v) is 3.12. The van der Waals surface area contributed by atoms with Crippen LogP contribution in [-0.4, -0.2) is 15.1 Å². The first kappa shape index (κ1) is 13.8. The van der Waals surface area contributed by atoms with Gasteiger partial charge in [-0.3, -0.25) is 4.79 Å². The average Bonchev–Trinajstić information content (AvgIpc) is 2.26. The maximum absolute atomic E-state index is 12.1. The van der Waals surface area contributed by atoms with Crippen LogP contribution >= 0.6 is 15.9 Å². The molecular formula is C13H14BrN3O2. The molecule has 0 radical (unpaired) electrons. The summed E-state index contributed by atoms with van der Waals surface area (Å²) in [7, 11) is 0. The summed E-state index contributed by atoms with van der Waals surface area (Å²) in [6.07, 6.45) is 0. The van der Waals surface area contributed by atoms with Crippen LogP contribution in [0.4, 0.5) is 0 Å². The fourth-order valence-corrected chi connectivity index (χ4v) is 2.07. The van der Waals surface area contributed by atoms with E-state index in [9.17, 15) is 9.90 Å². The smallest absolute Gasteiger partial charge is 0.262 e. The standard InChI is InChI=1S/C13H14BrN3O2/c1-13(2,15)12-16-10(18)9(11(19)17-12)7-4-3-5-8(14)6-7/h3-6H,15H2,1-2H3,(H2,16,17,18,19). The lowest BCUT2D eigenvalue weighted by atomic mass is 10.1. The zero-order chi connectivity index (χ0) is 14.2. The highest BCUT2D eigenvalue weighted by atomic mass is 79.9. The van der Waals surface area contributed by atoms with Crippen LogP contribution in [0.5, 0.6) is 5.88 Å². The van der Waals surface area contributed by atoms with Gasteiger partial charge in [0.25, 0.3) is 5.56 Å². The minimum absolute atomic E-state index is 0.134. The van der Waals surface area contributed by atoms with Crippen molar-refractivity contribution in [3.63, 3.8) is 0 Å². The van der Waals surface area contributed by atoms with Crippen LogP contribution in [0, 0.1) is 0 Å². The van der Waals surface area contributed by atoms with Gasteiger partial charge in [-0.1, -0.05) is 28.1 Å². The number of hydrogen-bond donors (Lipinski definition) is 3.